The summed E-state index contributed by atoms with van der Waals surface area (Å²) in [5, 5.41) is 11.2. The Morgan fingerprint density at radius 1 is 1.52 bits per heavy atom. The lowest BCUT2D eigenvalue weighted by atomic mass is 9.90. The van der Waals surface area contributed by atoms with Gasteiger partial charge in [0.05, 0.1) is 18.4 Å². The Labute approximate surface area is 125 Å². The van der Waals surface area contributed by atoms with Gasteiger partial charge in [0.1, 0.15) is 5.76 Å². The molecule has 2 atom stereocenters. The van der Waals surface area contributed by atoms with Crippen molar-refractivity contribution in [3.63, 3.8) is 0 Å². The fourth-order valence-electron chi connectivity index (χ4n) is 2.78. The largest absolute Gasteiger partial charge is 0.469 e. The molecule has 1 aromatic rings. The van der Waals surface area contributed by atoms with E-state index in [1.165, 1.54) is 0 Å². The van der Waals surface area contributed by atoms with Crippen LogP contribution in [-0.4, -0.2) is 33.1 Å². The molecule has 0 radical (unpaired) electrons. The Bertz CT molecular complexity index is 554. The van der Waals surface area contributed by atoms with E-state index in [2.05, 4.69) is 10.0 Å². The smallest absolute Gasteiger partial charge is 0.208 e. The lowest BCUT2D eigenvalue weighted by molar-refractivity contribution is 0.368. The van der Waals surface area contributed by atoms with E-state index in [1.807, 2.05) is 12.1 Å². The molecule has 21 heavy (non-hydrogen) atoms. The van der Waals surface area contributed by atoms with Crippen LogP contribution >= 0.6 is 0 Å². The molecule has 2 rings (SSSR count). The van der Waals surface area contributed by atoms with E-state index < -0.39 is 10.0 Å². The van der Waals surface area contributed by atoms with Crippen LogP contribution in [0.2, 0.25) is 0 Å². The van der Waals surface area contributed by atoms with Crippen molar-refractivity contribution in [1.29, 1.82) is 5.41 Å². The molecule has 118 valence electrons. The van der Waals surface area contributed by atoms with Gasteiger partial charge in [0.15, 0.2) is 0 Å². The van der Waals surface area contributed by atoms with Crippen molar-refractivity contribution in [1.82, 2.24) is 10.0 Å². The van der Waals surface area contributed by atoms with E-state index in [0.717, 1.165) is 37.7 Å². The zero-order valence-electron chi connectivity index (χ0n) is 12.3. The summed E-state index contributed by atoms with van der Waals surface area (Å²) in [6.07, 6.45) is 7.27. The average Bonchev–Trinajstić information content (AvgIpc) is 2.83. The second-order valence-corrected chi connectivity index (χ2v) is 7.39. The van der Waals surface area contributed by atoms with Gasteiger partial charge in [-0.1, -0.05) is 6.42 Å². The summed E-state index contributed by atoms with van der Waals surface area (Å²) in [7, 11) is -3.18. The van der Waals surface area contributed by atoms with Crippen molar-refractivity contribution >= 4 is 15.9 Å². The summed E-state index contributed by atoms with van der Waals surface area (Å²) in [6.45, 7) is 0.371. The van der Waals surface area contributed by atoms with Gasteiger partial charge in [0, 0.05) is 24.9 Å². The zero-order valence-corrected chi connectivity index (χ0v) is 13.1. The van der Waals surface area contributed by atoms with E-state index in [-0.39, 0.29) is 12.0 Å². The highest BCUT2D eigenvalue weighted by Gasteiger charge is 2.27. The van der Waals surface area contributed by atoms with E-state index in [0.29, 0.717) is 18.8 Å². The summed E-state index contributed by atoms with van der Waals surface area (Å²) in [5.74, 6) is 1.47. The average molecular weight is 313 g/mol. The minimum atomic E-state index is -3.18. The molecule has 0 spiro atoms. The minimum absolute atomic E-state index is 0.0627. The molecule has 1 aromatic heterocycles. The molecule has 1 aliphatic heterocycles. The van der Waals surface area contributed by atoms with Gasteiger partial charge < -0.3 is 9.73 Å². The summed E-state index contributed by atoms with van der Waals surface area (Å²) in [4.78, 5) is 0. The van der Waals surface area contributed by atoms with Gasteiger partial charge in [-0.3, -0.25) is 5.41 Å². The lowest BCUT2D eigenvalue weighted by Gasteiger charge is -2.26. The maximum Gasteiger partial charge on any atom is 0.208 e. The third-order valence-corrected chi connectivity index (χ3v) is 4.49. The molecule has 2 unspecified atom stereocenters. The number of nitrogens with one attached hydrogen (secondary N) is 3. The Morgan fingerprint density at radius 2 is 2.33 bits per heavy atom. The van der Waals surface area contributed by atoms with Crippen molar-refractivity contribution in [2.45, 2.75) is 44.1 Å². The molecule has 7 heteroatoms. The zero-order chi connectivity index (χ0) is 15.3. The van der Waals surface area contributed by atoms with Gasteiger partial charge in [-0.15, -0.1) is 0 Å². The minimum Gasteiger partial charge on any atom is -0.469 e. The maximum absolute atomic E-state index is 11.2. The first-order valence-electron chi connectivity index (χ1n) is 7.28. The van der Waals surface area contributed by atoms with Crippen molar-refractivity contribution in [3.05, 3.63) is 24.2 Å². The summed E-state index contributed by atoms with van der Waals surface area (Å²) in [6, 6.07) is 3.88. The summed E-state index contributed by atoms with van der Waals surface area (Å²) < 4.78 is 30.4. The highest BCUT2D eigenvalue weighted by Crippen LogP contribution is 2.28. The highest BCUT2D eigenvalue weighted by molar-refractivity contribution is 7.88. The van der Waals surface area contributed by atoms with Crippen molar-refractivity contribution in [3.8, 4) is 0 Å². The van der Waals surface area contributed by atoms with Crippen LogP contribution in [0.4, 0.5) is 0 Å². The first-order chi connectivity index (χ1) is 9.96. The normalized spacial score (nSPS) is 21.6. The van der Waals surface area contributed by atoms with Gasteiger partial charge in [-0.05, 0) is 31.4 Å². The lowest BCUT2D eigenvalue weighted by Crippen LogP contribution is -2.38. The number of furan rings is 1. The topological polar surface area (TPSA) is 95.2 Å². The molecule has 1 saturated heterocycles. The first kappa shape index (κ1) is 16.0. The molecule has 0 bridgehead atoms. The molecule has 0 aromatic carbocycles. The quantitative estimate of drug-likeness (QED) is 0.746. The van der Waals surface area contributed by atoms with E-state index in [4.69, 9.17) is 9.83 Å². The predicted octanol–water partition coefficient (Wildman–Crippen LogP) is 1.81. The molecule has 2 heterocycles. The van der Waals surface area contributed by atoms with Gasteiger partial charge in [0.2, 0.25) is 10.0 Å². The van der Waals surface area contributed by atoms with Crippen LogP contribution in [0.15, 0.2) is 22.8 Å². The second-order valence-electron chi connectivity index (χ2n) is 5.55. The Morgan fingerprint density at radius 3 is 3.00 bits per heavy atom. The van der Waals surface area contributed by atoms with Gasteiger partial charge >= 0.3 is 0 Å². The predicted molar refractivity (Wildman–Crippen MR) is 82.0 cm³/mol. The van der Waals surface area contributed by atoms with E-state index in [9.17, 15) is 8.42 Å². The number of sulfonamides is 1. The molecule has 1 fully saturated rings. The number of amidine groups is 1. The number of hydrogen-bond donors (Lipinski definition) is 3. The van der Waals surface area contributed by atoms with Crippen molar-refractivity contribution < 1.29 is 12.8 Å². The third kappa shape index (κ3) is 5.17. The SMILES string of the molecule is CS(=O)(=O)NCCC(c1ccco1)C1CCCCC(=N)N1. The Hall–Kier alpha value is -1.34. The summed E-state index contributed by atoms with van der Waals surface area (Å²) >= 11 is 0. The first-order valence-corrected chi connectivity index (χ1v) is 9.17. The third-order valence-electron chi connectivity index (χ3n) is 3.77. The van der Waals surface area contributed by atoms with Crippen LogP contribution in [0.5, 0.6) is 0 Å². The molecule has 0 aliphatic carbocycles. The van der Waals surface area contributed by atoms with Crippen molar-refractivity contribution in [2.24, 2.45) is 0 Å². The summed E-state index contributed by atoms with van der Waals surface area (Å²) in [5.41, 5.74) is 0. The van der Waals surface area contributed by atoms with Crippen LogP contribution in [-0.2, 0) is 10.0 Å². The molecule has 6 nitrogen and oxygen atoms in total. The van der Waals surface area contributed by atoms with Gasteiger partial charge in [0.25, 0.3) is 0 Å². The standard InChI is InChI=1S/C14H23N3O3S/c1-21(18,19)16-9-8-11(13-6-4-10-20-13)12-5-2-3-7-14(15)17-12/h4,6,10-12,16H,2-3,5,7-9H2,1H3,(H2,15,17). The van der Waals surface area contributed by atoms with Crippen LogP contribution in [0.3, 0.4) is 0 Å². The fraction of sp³-hybridized carbons (Fsp3) is 0.643. The highest BCUT2D eigenvalue weighted by atomic mass is 32.2. The van der Waals surface area contributed by atoms with Crippen LogP contribution in [0.25, 0.3) is 0 Å². The number of rotatable bonds is 6. The van der Waals surface area contributed by atoms with Gasteiger partial charge in [-0.2, -0.15) is 0 Å². The Balaban J connectivity index is 2.06. The van der Waals surface area contributed by atoms with Crippen LogP contribution < -0.4 is 10.0 Å². The van der Waals surface area contributed by atoms with Gasteiger partial charge in [-0.25, -0.2) is 13.1 Å². The molecule has 1 aliphatic rings. The molecular weight excluding hydrogens is 290 g/mol. The Kier molecular flexibility index (Phi) is 5.41. The molecule has 0 amide bonds. The van der Waals surface area contributed by atoms with E-state index in [1.54, 1.807) is 6.26 Å². The molecule has 0 saturated carbocycles. The molecular formula is C14H23N3O3S. The van der Waals surface area contributed by atoms with Crippen LogP contribution in [0.1, 0.15) is 43.8 Å². The fourth-order valence-corrected chi connectivity index (χ4v) is 3.27. The monoisotopic (exact) mass is 313 g/mol. The molecule has 3 N–H and O–H groups in total. The van der Waals surface area contributed by atoms with E-state index >= 15 is 0 Å². The van der Waals surface area contributed by atoms with Crippen molar-refractivity contribution in [2.75, 3.05) is 12.8 Å². The maximum atomic E-state index is 11.2. The number of hydrogen-bond acceptors (Lipinski definition) is 4. The second kappa shape index (κ2) is 7.09. The van der Waals surface area contributed by atoms with Crippen LogP contribution in [0, 0.1) is 5.41 Å².